The molecule has 0 aromatic heterocycles. The van der Waals surface area contributed by atoms with E-state index in [1.165, 1.54) is 0 Å². The van der Waals surface area contributed by atoms with Gasteiger partial charge >= 0.3 is 7.54 Å². The van der Waals surface area contributed by atoms with E-state index in [1.807, 2.05) is 6.92 Å². The molecular weight excluding hydrogens is 120 g/mol. The van der Waals surface area contributed by atoms with Crippen LogP contribution in [0.5, 0.6) is 0 Å². The van der Waals surface area contributed by atoms with Crippen LogP contribution in [0.3, 0.4) is 0 Å². The first-order chi connectivity index (χ1) is 3.65. The van der Waals surface area contributed by atoms with Gasteiger partial charge in [0, 0.05) is 6.61 Å². The highest BCUT2D eigenvalue weighted by Gasteiger charge is 2.06. The van der Waals surface area contributed by atoms with E-state index in [4.69, 9.17) is 5.11 Å². The lowest BCUT2D eigenvalue weighted by Gasteiger charge is -1.69. The van der Waals surface area contributed by atoms with E-state index in [2.05, 4.69) is 0 Å². The summed E-state index contributed by atoms with van der Waals surface area (Å²) in [7, 11) is -3.67. The van der Waals surface area contributed by atoms with Crippen LogP contribution < -0.4 is 0 Å². The van der Waals surface area contributed by atoms with Gasteiger partial charge in [-0.15, -0.1) is 0 Å². The molecule has 1 N–H and O–H groups in total. The molecule has 0 aliphatic heterocycles. The third-order valence-corrected chi connectivity index (χ3v) is 0.224. The molecule has 0 fully saturated rings. The van der Waals surface area contributed by atoms with Crippen LogP contribution in [0.4, 0.5) is 12.9 Å². The maximum atomic E-state index is 9.67. The SMILES string of the molecule is CCCO.FB(F)F. The number of aliphatic hydroxyl groups excluding tert-OH is 1. The number of aliphatic hydroxyl groups is 1. The number of hydrogen-bond acceptors (Lipinski definition) is 1. The lowest BCUT2D eigenvalue weighted by molar-refractivity contribution is 0.295. The third-order valence-electron chi connectivity index (χ3n) is 0.224. The molecule has 0 unspecified atom stereocenters. The minimum atomic E-state index is -3.67. The summed E-state index contributed by atoms with van der Waals surface area (Å²) >= 11 is 0. The van der Waals surface area contributed by atoms with Crippen molar-refractivity contribution < 1.29 is 18.1 Å². The van der Waals surface area contributed by atoms with Crippen molar-refractivity contribution in [2.24, 2.45) is 0 Å². The fourth-order valence-electron chi connectivity index (χ4n) is 0. The topological polar surface area (TPSA) is 20.2 Å². The Hall–Kier alpha value is -0.185. The zero-order valence-electron chi connectivity index (χ0n) is 4.57. The number of rotatable bonds is 1. The Kier molecular flexibility index (Phi) is 13.3. The maximum Gasteiger partial charge on any atom is 0.762 e. The largest absolute Gasteiger partial charge is 0.762 e. The summed E-state index contributed by atoms with van der Waals surface area (Å²) in [6.07, 6.45) is 0.875. The van der Waals surface area contributed by atoms with Crippen molar-refractivity contribution >= 4 is 7.54 Å². The second kappa shape index (κ2) is 9.94. The van der Waals surface area contributed by atoms with Crippen molar-refractivity contribution in [2.45, 2.75) is 13.3 Å². The van der Waals surface area contributed by atoms with Crippen LogP contribution in [0, 0.1) is 0 Å². The van der Waals surface area contributed by atoms with Crippen LogP contribution in [0.2, 0.25) is 0 Å². The Balaban J connectivity index is 0. The van der Waals surface area contributed by atoms with Crippen LogP contribution in [-0.2, 0) is 0 Å². The van der Waals surface area contributed by atoms with Crippen molar-refractivity contribution in [1.82, 2.24) is 0 Å². The molecule has 50 valence electrons. The van der Waals surface area contributed by atoms with Crippen molar-refractivity contribution in [2.75, 3.05) is 6.61 Å². The van der Waals surface area contributed by atoms with Crippen LogP contribution in [-0.4, -0.2) is 19.3 Å². The molecular formula is C3H8BF3O. The first-order valence-electron chi connectivity index (χ1n) is 2.18. The second-order valence-corrected chi connectivity index (χ2v) is 0.971. The molecule has 0 saturated heterocycles. The number of halogens is 3. The van der Waals surface area contributed by atoms with Gasteiger partial charge in [-0.25, -0.2) is 0 Å². The standard InChI is InChI=1S/C3H8O.BF3/c1-2-3-4;2-1(3)4/h4H,2-3H2,1H3;. The molecule has 0 aromatic rings. The fraction of sp³-hybridized carbons (Fsp3) is 1.00. The van der Waals surface area contributed by atoms with E-state index in [1.54, 1.807) is 0 Å². The Morgan fingerprint density at radius 3 is 1.50 bits per heavy atom. The van der Waals surface area contributed by atoms with Crippen LogP contribution >= 0.6 is 0 Å². The highest BCUT2D eigenvalue weighted by atomic mass is 19.4. The summed E-state index contributed by atoms with van der Waals surface area (Å²) in [5, 5.41) is 7.88. The average molecular weight is 128 g/mol. The van der Waals surface area contributed by atoms with Crippen LogP contribution in [0.1, 0.15) is 13.3 Å². The molecule has 5 heteroatoms. The zero-order chi connectivity index (χ0) is 6.99. The maximum absolute atomic E-state index is 9.67. The van der Waals surface area contributed by atoms with Gasteiger partial charge in [0.1, 0.15) is 0 Å². The molecule has 0 aliphatic carbocycles. The van der Waals surface area contributed by atoms with Gasteiger partial charge in [0.2, 0.25) is 0 Å². The van der Waals surface area contributed by atoms with Crippen molar-refractivity contribution in [3.63, 3.8) is 0 Å². The van der Waals surface area contributed by atoms with Gasteiger partial charge in [-0.05, 0) is 6.42 Å². The van der Waals surface area contributed by atoms with Gasteiger partial charge in [-0.1, -0.05) is 6.92 Å². The third kappa shape index (κ3) is 203. The summed E-state index contributed by atoms with van der Waals surface area (Å²) in [4.78, 5) is 0. The molecule has 1 nitrogen and oxygen atoms in total. The van der Waals surface area contributed by atoms with Gasteiger partial charge in [-0.3, -0.25) is 12.9 Å². The van der Waals surface area contributed by atoms with Gasteiger partial charge in [-0.2, -0.15) is 0 Å². The van der Waals surface area contributed by atoms with E-state index in [-0.39, 0.29) is 0 Å². The molecule has 0 saturated carbocycles. The minimum Gasteiger partial charge on any atom is -0.396 e. The van der Waals surface area contributed by atoms with E-state index >= 15 is 0 Å². The Bertz CT molecular complexity index is 31.0. The fourth-order valence-corrected chi connectivity index (χ4v) is 0. The van der Waals surface area contributed by atoms with Crippen molar-refractivity contribution in [3.8, 4) is 0 Å². The monoisotopic (exact) mass is 128 g/mol. The van der Waals surface area contributed by atoms with Crippen molar-refractivity contribution in [3.05, 3.63) is 0 Å². The smallest absolute Gasteiger partial charge is 0.396 e. The summed E-state index contributed by atoms with van der Waals surface area (Å²) < 4.78 is 29.0. The quantitative estimate of drug-likeness (QED) is 0.527. The average Bonchev–Trinajstić information content (AvgIpc) is 1.65. The van der Waals surface area contributed by atoms with E-state index in [0.29, 0.717) is 6.61 Å². The molecule has 0 rings (SSSR count). The van der Waals surface area contributed by atoms with E-state index in [9.17, 15) is 12.9 Å². The lowest BCUT2D eigenvalue weighted by atomic mass is 10.5. The predicted molar refractivity (Wildman–Crippen MR) is 26.5 cm³/mol. The van der Waals surface area contributed by atoms with Crippen molar-refractivity contribution in [1.29, 1.82) is 0 Å². The molecule has 0 aliphatic rings. The second-order valence-electron chi connectivity index (χ2n) is 0.971. The molecule has 0 atom stereocenters. The van der Waals surface area contributed by atoms with Gasteiger partial charge in [0.25, 0.3) is 0 Å². The normalized spacial score (nSPS) is 7.12. The summed E-state index contributed by atoms with van der Waals surface area (Å²) in [5.41, 5.74) is 0. The minimum absolute atomic E-state index is 0.319. The Morgan fingerprint density at radius 2 is 1.50 bits per heavy atom. The summed E-state index contributed by atoms with van der Waals surface area (Å²) in [6.45, 7) is 2.25. The van der Waals surface area contributed by atoms with Crippen LogP contribution in [0.25, 0.3) is 0 Å². The molecule has 0 spiro atoms. The number of hydrogen-bond donors (Lipinski definition) is 1. The van der Waals surface area contributed by atoms with Gasteiger partial charge < -0.3 is 5.11 Å². The van der Waals surface area contributed by atoms with Crippen LogP contribution in [0.15, 0.2) is 0 Å². The molecule has 0 amide bonds. The predicted octanol–water partition coefficient (Wildman–Crippen LogP) is 1.27. The summed E-state index contributed by atoms with van der Waals surface area (Å²) in [6, 6.07) is 0. The first kappa shape index (κ1) is 10.7. The molecule has 8 heavy (non-hydrogen) atoms. The lowest BCUT2D eigenvalue weighted by Crippen LogP contribution is -1.76. The van der Waals surface area contributed by atoms with Gasteiger partial charge in [0.15, 0.2) is 0 Å². The molecule has 0 bridgehead atoms. The van der Waals surface area contributed by atoms with E-state index < -0.39 is 7.54 Å². The highest BCUT2D eigenvalue weighted by Crippen LogP contribution is 1.80. The first-order valence-corrected chi connectivity index (χ1v) is 2.18. The highest BCUT2D eigenvalue weighted by molar-refractivity contribution is 6.33. The van der Waals surface area contributed by atoms with Gasteiger partial charge in [0.05, 0.1) is 0 Å². The Labute approximate surface area is 46.7 Å². The Morgan fingerprint density at radius 1 is 1.38 bits per heavy atom. The molecule has 0 aromatic carbocycles. The van der Waals surface area contributed by atoms with E-state index in [0.717, 1.165) is 6.42 Å². The summed E-state index contributed by atoms with van der Waals surface area (Å²) in [5.74, 6) is 0. The zero-order valence-corrected chi connectivity index (χ0v) is 4.57. The molecule has 0 heterocycles. The molecule has 0 radical (unpaired) electrons.